The van der Waals surface area contributed by atoms with Gasteiger partial charge in [-0.25, -0.2) is 0 Å². The molecule has 0 saturated heterocycles. The number of hydrogen-bond donors (Lipinski definition) is 0. The third-order valence-corrected chi connectivity index (χ3v) is 7.26. The summed E-state index contributed by atoms with van der Waals surface area (Å²) in [6.45, 7) is 5.35. The highest BCUT2D eigenvalue weighted by Gasteiger charge is 2.21. The molecule has 30 heavy (non-hydrogen) atoms. The first-order valence-electron chi connectivity index (χ1n) is 12.7. The van der Waals surface area contributed by atoms with Crippen molar-refractivity contribution in [2.45, 2.75) is 90.9 Å². The lowest BCUT2D eigenvalue weighted by Crippen LogP contribution is -2.19. The molecule has 2 aliphatic carbocycles. The zero-order chi connectivity index (χ0) is 21.0. The van der Waals surface area contributed by atoms with Crippen LogP contribution in [0.25, 0.3) is 0 Å². The number of rotatable bonds is 8. The van der Waals surface area contributed by atoms with E-state index in [0.717, 1.165) is 30.6 Å². The van der Waals surface area contributed by atoms with Gasteiger partial charge in [0.05, 0.1) is 6.61 Å². The van der Waals surface area contributed by atoms with Gasteiger partial charge in [0.15, 0.2) is 0 Å². The van der Waals surface area contributed by atoms with Crippen molar-refractivity contribution in [3.05, 3.63) is 42.0 Å². The molecule has 164 valence electrons. The molecule has 0 radical (unpaired) electrons. The lowest BCUT2D eigenvalue weighted by Gasteiger charge is -2.26. The molecule has 1 aromatic carbocycles. The van der Waals surface area contributed by atoms with Crippen LogP contribution in [-0.4, -0.2) is 6.61 Å². The Morgan fingerprint density at radius 1 is 0.900 bits per heavy atom. The number of unbranched alkanes of at least 4 members (excludes halogenated alkanes) is 1. The Labute approximate surface area is 185 Å². The van der Waals surface area contributed by atoms with E-state index in [-0.39, 0.29) is 0 Å². The zero-order valence-corrected chi connectivity index (χ0v) is 19.4. The van der Waals surface area contributed by atoms with Crippen LogP contribution in [0.4, 0.5) is 0 Å². The van der Waals surface area contributed by atoms with E-state index in [1.54, 1.807) is 0 Å². The summed E-state index contributed by atoms with van der Waals surface area (Å²) in [4.78, 5) is 0. The average Bonchev–Trinajstić information content (AvgIpc) is 2.81. The van der Waals surface area contributed by atoms with Crippen molar-refractivity contribution in [2.24, 2.45) is 23.7 Å². The highest BCUT2D eigenvalue weighted by atomic mass is 16.5. The number of aryl methyl sites for hydroxylation is 1. The van der Waals surface area contributed by atoms with Crippen molar-refractivity contribution in [3.8, 4) is 17.6 Å². The molecule has 0 spiro atoms. The molecule has 0 aliphatic heterocycles. The van der Waals surface area contributed by atoms with Crippen LogP contribution in [0.1, 0.15) is 90.0 Å². The average molecular weight is 407 g/mol. The van der Waals surface area contributed by atoms with Gasteiger partial charge in [0.25, 0.3) is 0 Å². The maximum absolute atomic E-state index is 6.03. The van der Waals surface area contributed by atoms with Gasteiger partial charge in [-0.1, -0.05) is 63.2 Å². The zero-order valence-electron chi connectivity index (χ0n) is 19.4. The minimum absolute atomic E-state index is 0.583. The summed E-state index contributed by atoms with van der Waals surface area (Å²) in [5.41, 5.74) is 1.37. The van der Waals surface area contributed by atoms with Crippen LogP contribution in [0.5, 0.6) is 5.75 Å². The maximum atomic E-state index is 6.03. The topological polar surface area (TPSA) is 9.23 Å². The van der Waals surface area contributed by atoms with Gasteiger partial charge < -0.3 is 4.74 Å². The second-order valence-corrected chi connectivity index (χ2v) is 9.60. The van der Waals surface area contributed by atoms with E-state index in [1.165, 1.54) is 76.2 Å². The van der Waals surface area contributed by atoms with E-state index >= 15 is 0 Å². The molecule has 3 rings (SSSR count). The number of benzene rings is 1. The van der Waals surface area contributed by atoms with Gasteiger partial charge in [0.2, 0.25) is 0 Å². The smallest absolute Gasteiger partial charge is 0.119 e. The van der Waals surface area contributed by atoms with Crippen molar-refractivity contribution in [1.29, 1.82) is 0 Å². The summed E-state index contributed by atoms with van der Waals surface area (Å²) in [6.07, 6.45) is 20.4. The fourth-order valence-electron chi connectivity index (χ4n) is 5.02. The molecule has 2 aliphatic rings. The Hall–Kier alpha value is -1.68. The molecule has 0 heterocycles. The van der Waals surface area contributed by atoms with Gasteiger partial charge >= 0.3 is 0 Å². The van der Waals surface area contributed by atoms with Crippen LogP contribution >= 0.6 is 0 Å². The maximum Gasteiger partial charge on any atom is 0.119 e. The third kappa shape index (κ3) is 7.86. The number of allylic oxidation sites excluding steroid dienone is 2. The molecule has 1 aromatic rings. The SMILES string of the molecule is CCCCC1CCC(C=CC#CC2CCC(COc3ccc(CC)cc3)CC2)CC1. The van der Waals surface area contributed by atoms with Crippen LogP contribution in [0.3, 0.4) is 0 Å². The highest BCUT2D eigenvalue weighted by Crippen LogP contribution is 2.32. The first-order chi connectivity index (χ1) is 14.8. The first kappa shape index (κ1) is 23.0. The predicted molar refractivity (Wildman–Crippen MR) is 129 cm³/mol. The molecule has 0 atom stereocenters. The van der Waals surface area contributed by atoms with E-state index < -0.39 is 0 Å². The first-order valence-corrected chi connectivity index (χ1v) is 12.7. The molecule has 0 unspecified atom stereocenters. The molecule has 1 nitrogen and oxygen atoms in total. The molecule has 0 N–H and O–H groups in total. The predicted octanol–water partition coefficient (Wildman–Crippen LogP) is 7.99. The molecule has 2 fully saturated rings. The monoisotopic (exact) mass is 406 g/mol. The quantitative estimate of drug-likeness (QED) is 0.397. The van der Waals surface area contributed by atoms with Crippen molar-refractivity contribution in [2.75, 3.05) is 6.61 Å². The van der Waals surface area contributed by atoms with Crippen molar-refractivity contribution in [1.82, 2.24) is 0 Å². The van der Waals surface area contributed by atoms with Gasteiger partial charge in [-0.15, -0.1) is 0 Å². The minimum atomic E-state index is 0.583. The summed E-state index contributed by atoms with van der Waals surface area (Å²) >= 11 is 0. The fraction of sp³-hybridized carbons (Fsp3) is 0.655. The van der Waals surface area contributed by atoms with Crippen molar-refractivity contribution >= 4 is 0 Å². The molecule has 2 saturated carbocycles. The van der Waals surface area contributed by atoms with Crippen LogP contribution < -0.4 is 4.74 Å². The molecular weight excluding hydrogens is 364 g/mol. The van der Waals surface area contributed by atoms with Crippen LogP contribution in [0, 0.1) is 35.5 Å². The summed E-state index contributed by atoms with van der Waals surface area (Å²) in [5, 5.41) is 0. The second-order valence-electron chi connectivity index (χ2n) is 9.60. The Balaban J connectivity index is 1.30. The van der Waals surface area contributed by atoms with Crippen molar-refractivity contribution < 1.29 is 4.74 Å². The highest BCUT2D eigenvalue weighted by molar-refractivity contribution is 5.27. The standard InChI is InChI=1S/C29H42O/c1-3-5-8-25-11-13-26(14-12-25)9-6-7-10-27-15-17-28(18-16-27)23-30-29-21-19-24(4-2)20-22-29/h6,9,19-22,25-28H,3-5,8,11-18,23H2,1-2H3. The fourth-order valence-corrected chi connectivity index (χ4v) is 5.02. The summed E-state index contributed by atoms with van der Waals surface area (Å²) in [5.74, 6) is 11.0. The molecular formula is C29H42O. The van der Waals surface area contributed by atoms with Gasteiger partial charge in [0.1, 0.15) is 5.75 Å². The Bertz CT molecular complexity index is 673. The van der Waals surface area contributed by atoms with E-state index in [0.29, 0.717) is 11.8 Å². The van der Waals surface area contributed by atoms with Crippen LogP contribution in [-0.2, 0) is 6.42 Å². The molecule has 0 bridgehead atoms. The Kier molecular flexibility index (Phi) is 9.88. The van der Waals surface area contributed by atoms with Gasteiger partial charge in [-0.05, 0) is 99.3 Å². The Morgan fingerprint density at radius 3 is 2.27 bits per heavy atom. The van der Waals surface area contributed by atoms with Gasteiger partial charge in [-0.3, -0.25) is 0 Å². The van der Waals surface area contributed by atoms with Gasteiger partial charge in [-0.2, -0.15) is 0 Å². The lowest BCUT2D eigenvalue weighted by atomic mass is 9.80. The number of hydrogen-bond acceptors (Lipinski definition) is 1. The minimum Gasteiger partial charge on any atom is -0.493 e. The van der Waals surface area contributed by atoms with E-state index in [1.807, 2.05) is 0 Å². The van der Waals surface area contributed by atoms with E-state index in [4.69, 9.17) is 4.74 Å². The normalized spacial score (nSPS) is 26.9. The summed E-state index contributed by atoms with van der Waals surface area (Å²) in [6, 6.07) is 8.57. The number of ether oxygens (including phenoxy) is 1. The van der Waals surface area contributed by atoms with E-state index in [2.05, 4.69) is 62.1 Å². The summed E-state index contributed by atoms with van der Waals surface area (Å²) in [7, 11) is 0. The van der Waals surface area contributed by atoms with Gasteiger partial charge in [0, 0.05) is 5.92 Å². The van der Waals surface area contributed by atoms with Crippen molar-refractivity contribution in [3.63, 3.8) is 0 Å². The lowest BCUT2D eigenvalue weighted by molar-refractivity contribution is 0.196. The molecule has 1 heteroatoms. The van der Waals surface area contributed by atoms with Crippen LogP contribution in [0.2, 0.25) is 0 Å². The molecule has 0 aromatic heterocycles. The molecule has 0 amide bonds. The third-order valence-electron chi connectivity index (χ3n) is 7.26. The largest absolute Gasteiger partial charge is 0.493 e. The second kappa shape index (κ2) is 12.9. The van der Waals surface area contributed by atoms with Crippen LogP contribution in [0.15, 0.2) is 36.4 Å². The van der Waals surface area contributed by atoms with E-state index in [9.17, 15) is 0 Å². The Morgan fingerprint density at radius 2 is 1.60 bits per heavy atom. The summed E-state index contributed by atoms with van der Waals surface area (Å²) < 4.78 is 6.03.